The molecule has 0 atom stereocenters. The third kappa shape index (κ3) is 28.7. The predicted octanol–water partition coefficient (Wildman–Crippen LogP) is 13.0. The van der Waals surface area contributed by atoms with Crippen LogP contribution in [-0.4, -0.2) is 130 Å². The number of imidazole rings is 3. The predicted molar refractivity (Wildman–Crippen MR) is 477 cm³/mol. The summed E-state index contributed by atoms with van der Waals surface area (Å²) in [5, 5.41) is 41.7. The zero-order valence-electron chi connectivity index (χ0n) is 70.6. The summed E-state index contributed by atoms with van der Waals surface area (Å²) >= 11 is 0. The summed E-state index contributed by atoms with van der Waals surface area (Å²) in [4.78, 5) is 53.5. The largest absolute Gasteiger partial charge is 1.00 e. The Morgan fingerprint density at radius 2 is 0.764 bits per heavy atom. The molecule has 4 aliphatic rings. The van der Waals surface area contributed by atoms with Crippen LogP contribution in [0.5, 0.6) is 0 Å². The van der Waals surface area contributed by atoms with Crippen molar-refractivity contribution in [1.82, 2.24) is 63.5 Å². The zero-order valence-corrected chi connectivity index (χ0v) is 79.3. The standard InChI is InChI=1S/C31H43N7O.C25H31N7O.C25H30N7O.C4H5BO3.CHO3.3CH4.Ac.2Na/c1-5-16-37(17-6-2)27-13-11-26(12-14-27)34-31-35-29(28-30(36-31)38(21-33-28)22(3)4)32-19-23-7-9-24(10-8-23)25-15-18-39-20-25;2*1-16(2)32-15-28-22-23(27-13-17-3-5-18(6-4-17)19-11-12-33-14-19)30-25(31-24(22)32)29-21-9-7-20(26)8-10-21;6-5(7)4-1-2-8-3-4;1-2-4-3-1;;;;;;/h7-10,15,18,20-22,26-27H,5-6,11-14,16-17,19H2,1-4H3,(H2,32,34,35,36);3-6,11-12,14-16,20-21H,7-10,13,26H2,1-2H3,(H2,27,29,30,31);3-6,11-12,14-16,20-21,26H,7-10,13H2,1-2H3,(H2,27,29,30,31);1-3,6-7H;1H;3*1H4;;;/q;;-1;;-1;;;;;2*+1. The summed E-state index contributed by atoms with van der Waals surface area (Å²) in [5.41, 5.74) is 29.4. The average Bonchev–Trinajstić information content (AvgIpc) is 1.66. The molecule has 3 aliphatic carbocycles. The Bertz CT molecular complexity index is 4890. The summed E-state index contributed by atoms with van der Waals surface area (Å²) in [5.74, 6) is 4.19. The normalized spacial score (nSPS) is 17.0. The van der Waals surface area contributed by atoms with E-state index in [4.69, 9.17) is 64.7 Å². The molecular weight excluding hydrogens is 1790 g/mol. The van der Waals surface area contributed by atoms with Gasteiger partial charge in [0.05, 0.1) is 69.1 Å². The minimum atomic E-state index is -1.41. The Hall–Kier alpha value is -7.58. The van der Waals surface area contributed by atoms with Crippen LogP contribution in [0.15, 0.2) is 184 Å². The van der Waals surface area contributed by atoms with Crippen molar-refractivity contribution in [2.24, 2.45) is 5.73 Å². The Morgan fingerprint density at radius 1 is 0.455 bits per heavy atom. The van der Waals surface area contributed by atoms with E-state index in [2.05, 4.69) is 213 Å². The van der Waals surface area contributed by atoms with Crippen molar-refractivity contribution in [3.63, 3.8) is 0 Å². The van der Waals surface area contributed by atoms with E-state index in [1.807, 2.05) is 37.2 Å². The van der Waals surface area contributed by atoms with Crippen LogP contribution in [0.25, 0.3) is 72.6 Å². The van der Waals surface area contributed by atoms with Crippen LogP contribution in [0.3, 0.4) is 0 Å². The fraction of sp³-hybridized carbons (Fsp3) is 0.438. The van der Waals surface area contributed by atoms with E-state index in [9.17, 15) is 0 Å². The minimum Gasteiger partial charge on any atom is -0.675 e. The summed E-state index contributed by atoms with van der Waals surface area (Å²) in [7, 11) is -1.41. The molecule has 11 heterocycles. The van der Waals surface area contributed by atoms with Crippen LogP contribution in [0.4, 0.5) is 35.3 Å². The molecule has 3 aromatic carbocycles. The first kappa shape index (κ1) is 102. The maximum absolute atomic E-state index is 8.41. The Morgan fingerprint density at radius 3 is 1.03 bits per heavy atom. The second kappa shape index (κ2) is 51.3. The van der Waals surface area contributed by atoms with Gasteiger partial charge in [-0.3, -0.25) is 0 Å². The van der Waals surface area contributed by atoms with Crippen LogP contribution >= 0.6 is 0 Å². The summed E-state index contributed by atoms with van der Waals surface area (Å²) in [6.07, 6.45) is 33.7. The van der Waals surface area contributed by atoms with Crippen LogP contribution in [-0.2, 0) is 34.4 Å². The van der Waals surface area contributed by atoms with Gasteiger partial charge in [0.2, 0.25) is 17.8 Å². The van der Waals surface area contributed by atoms with Gasteiger partial charge in [-0.05, 0) is 196 Å². The Kier molecular flexibility index (Phi) is 42.7. The smallest absolute Gasteiger partial charge is 0.675 e. The van der Waals surface area contributed by atoms with Crippen molar-refractivity contribution >= 4 is 81.4 Å². The quantitative estimate of drug-likeness (QED) is 0.0131. The van der Waals surface area contributed by atoms with Gasteiger partial charge in [-0.2, -0.15) is 29.9 Å². The first-order valence-corrected chi connectivity index (χ1v) is 41.0. The van der Waals surface area contributed by atoms with Gasteiger partial charge in [-0.15, -0.1) is 11.1 Å². The molecule has 1 saturated heterocycles. The van der Waals surface area contributed by atoms with E-state index in [-0.39, 0.29) is 150 Å². The number of nitrogens with two attached hydrogens (primary N) is 1. The van der Waals surface area contributed by atoms with E-state index in [0.29, 0.717) is 73.2 Å². The van der Waals surface area contributed by atoms with E-state index in [1.54, 1.807) is 37.6 Å². The third-order valence-electron chi connectivity index (χ3n) is 21.5. The van der Waals surface area contributed by atoms with Crippen LogP contribution in [0.1, 0.15) is 202 Å². The number of fused-ring (bicyclic) bond motifs is 3. The molecule has 11 N–H and O–H groups in total. The second-order valence-electron chi connectivity index (χ2n) is 31.1. The molecule has 0 spiro atoms. The van der Waals surface area contributed by atoms with Gasteiger partial charge >= 0.3 is 66.2 Å². The first-order valence-electron chi connectivity index (χ1n) is 41.0. The number of nitrogens with zero attached hydrogens (tertiary/aromatic N) is 13. The molecule has 10 aromatic heterocycles. The fourth-order valence-electron chi connectivity index (χ4n) is 14.9. The summed E-state index contributed by atoms with van der Waals surface area (Å²) in [6, 6.07) is 35.6. The number of furan rings is 4. The maximum atomic E-state index is 8.41. The third-order valence-corrected chi connectivity index (χ3v) is 21.5. The van der Waals surface area contributed by atoms with Gasteiger partial charge < -0.3 is 99.5 Å². The number of hydrogen-bond acceptors (Lipinski definition) is 26. The minimum absolute atomic E-state index is 0. The summed E-state index contributed by atoms with van der Waals surface area (Å²) in [6.45, 7) is 22.8. The molecule has 0 unspecified atom stereocenters. The number of hydrogen-bond donors (Lipinski definition) is 9. The average molecular weight is 1910 g/mol. The molecule has 34 heteroatoms. The summed E-state index contributed by atoms with van der Waals surface area (Å²) < 4.78 is 26.4. The molecule has 4 fully saturated rings. The molecule has 3 saturated carbocycles. The fourth-order valence-corrected chi connectivity index (χ4v) is 14.9. The van der Waals surface area contributed by atoms with E-state index in [0.717, 1.165) is 166 Å². The van der Waals surface area contributed by atoms with Crippen molar-refractivity contribution in [3.05, 3.63) is 195 Å². The number of aromatic nitrogens is 12. The molecule has 17 rings (SSSR count). The van der Waals surface area contributed by atoms with Crippen molar-refractivity contribution in [2.45, 2.75) is 242 Å². The van der Waals surface area contributed by atoms with Crippen LogP contribution in [0, 0.1) is 50.9 Å². The van der Waals surface area contributed by atoms with E-state index < -0.39 is 7.12 Å². The number of rotatable bonds is 27. The Labute approximate surface area is 803 Å². The van der Waals surface area contributed by atoms with Gasteiger partial charge in [-0.25, -0.2) is 15.0 Å². The van der Waals surface area contributed by atoms with Gasteiger partial charge in [-0.1, -0.05) is 122 Å². The second-order valence-corrected chi connectivity index (χ2v) is 31.1. The first-order chi connectivity index (χ1) is 57.0. The van der Waals surface area contributed by atoms with Crippen LogP contribution < -0.4 is 102 Å². The number of benzene rings is 3. The van der Waals surface area contributed by atoms with Crippen molar-refractivity contribution in [2.75, 3.05) is 45.0 Å². The van der Waals surface area contributed by atoms with Gasteiger partial charge in [0.15, 0.2) is 50.9 Å². The maximum Gasteiger partial charge on any atom is 1.00 e. The van der Waals surface area contributed by atoms with Crippen molar-refractivity contribution in [3.8, 4) is 33.4 Å². The molecule has 0 amide bonds. The molecule has 645 valence electrons. The van der Waals surface area contributed by atoms with Crippen molar-refractivity contribution < 1.29 is 146 Å². The SMILES string of the molecule is C.C.C.CC(C)n1cnc2c(NCc3ccc(-c4ccoc4)cc3)nc(NC3CCC(N)CC3)nc21.CC(C)n1cnc2c(NCc3ccc(-c4ccoc4)cc3)nc(NC3CCC([NH-])CC3)nc21.CCCN(CCC)C1CCC(Nc2nc(NCc3ccc(-c4ccoc4)cc3)c3ncn(C(C)C)c3n2)CC1.OB(O)c1ccoc1.[Ac].[CH-]1OOO1.[Na+].[Na+]. The van der Waals surface area contributed by atoms with Gasteiger partial charge in [0.1, 0.15) is 0 Å². The monoisotopic (exact) mass is 1910 g/mol. The van der Waals surface area contributed by atoms with E-state index >= 15 is 0 Å². The van der Waals surface area contributed by atoms with Gasteiger partial charge in [0, 0.05) is 134 Å². The molecule has 13 aromatic rings. The van der Waals surface area contributed by atoms with E-state index in [1.165, 1.54) is 62.9 Å². The molecule has 1 aliphatic heterocycles. The Balaban J connectivity index is 0.000000232. The van der Waals surface area contributed by atoms with Crippen molar-refractivity contribution in [1.29, 1.82) is 0 Å². The number of nitrogens with one attached hydrogen (secondary N) is 7. The number of anilines is 6. The van der Waals surface area contributed by atoms with Gasteiger partial charge in [0.25, 0.3) is 0 Å². The zero-order chi connectivity index (χ0) is 81.6. The molecular formula is C89H122AcBN21Na2O9. The van der Waals surface area contributed by atoms with Crippen LogP contribution in [0.2, 0.25) is 0 Å². The topological polar surface area (TPSA) is 377 Å². The molecule has 30 nitrogen and oxygen atoms in total. The molecule has 0 bridgehead atoms. The molecule has 1 radical (unpaired) electrons. The molecule has 123 heavy (non-hydrogen) atoms.